The molecule has 1 unspecified atom stereocenters. The standard InChI is InChI=1S/C35H39N3O4.C7H8.3C2H6/c1-2-36-33(39)32(25-17-19-29(20-18-25)42-28-15-7-4-8-16-28)38-31(21-24-11-5-3-6-12-24)34(40)37-23-27-14-10-9-13-26(27)22-30(37)35(38)41;1-7-5-3-2-4-6-7;3*1-2/h4,7-10,13-20,24,30-32H,2-3,5-6,11-12,21-23H2,1H3,(H,36,39);2-6H,1H3;3*1-2H3/t30-,31-,32?;;;;/m0..../s1. The zero-order valence-electron chi connectivity index (χ0n) is 34.6. The fraction of sp³-hybridized carbons (Fsp3) is 0.438. The smallest absolute Gasteiger partial charge is 0.247 e. The van der Waals surface area contributed by atoms with Crippen molar-refractivity contribution in [3.05, 3.63) is 131 Å². The molecule has 2 heterocycles. The van der Waals surface area contributed by atoms with Crippen molar-refractivity contribution in [2.75, 3.05) is 6.54 Å². The molecule has 2 aliphatic heterocycles. The van der Waals surface area contributed by atoms with Gasteiger partial charge in [0.2, 0.25) is 17.7 Å². The molecular formula is C48H65N3O4. The largest absolute Gasteiger partial charge is 0.457 e. The van der Waals surface area contributed by atoms with Gasteiger partial charge in [0.15, 0.2) is 0 Å². The maximum Gasteiger partial charge on any atom is 0.247 e. The van der Waals surface area contributed by atoms with Gasteiger partial charge < -0.3 is 19.9 Å². The van der Waals surface area contributed by atoms with E-state index in [1.54, 1.807) is 9.80 Å². The van der Waals surface area contributed by atoms with Crippen molar-refractivity contribution in [1.29, 1.82) is 0 Å². The Bertz CT molecular complexity index is 1700. The zero-order chi connectivity index (χ0) is 40.2. The molecule has 3 amide bonds. The molecule has 55 heavy (non-hydrogen) atoms. The summed E-state index contributed by atoms with van der Waals surface area (Å²) in [6.45, 7) is 16.8. The lowest BCUT2D eigenvalue weighted by Gasteiger charge is -2.50. The van der Waals surface area contributed by atoms with Crippen LogP contribution in [0.3, 0.4) is 0 Å². The minimum absolute atomic E-state index is 0.0435. The third-order valence-electron chi connectivity index (χ3n) is 9.97. The summed E-state index contributed by atoms with van der Waals surface area (Å²) in [6.07, 6.45) is 6.64. The number of benzene rings is 4. The Balaban J connectivity index is 0.000000544. The molecule has 1 N–H and O–H groups in total. The summed E-state index contributed by atoms with van der Waals surface area (Å²) in [4.78, 5) is 46.1. The number of likely N-dealkylation sites (N-methyl/N-ethyl adjacent to an activating group) is 1. The first kappa shape index (κ1) is 44.5. The van der Waals surface area contributed by atoms with Crippen LogP contribution in [0.25, 0.3) is 0 Å². The number of rotatable bonds is 8. The topological polar surface area (TPSA) is 79.0 Å². The van der Waals surface area contributed by atoms with Crippen LogP contribution in [0.1, 0.15) is 115 Å². The van der Waals surface area contributed by atoms with Gasteiger partial charge in [-0.05, 0) is 67.1 Å². The van der Waals surface area contributed by atoms with Crippen molar-refractivity contribution >= 4 is 17.7 Å². The van der Waals surface area contributed by atoms with Crippen LogP contribution in [0.15, 0.2) is 109 Å². The van der Waals surface area contributed by atoms with Gasteiger partial charge in [-0.2, -0.15) is 0 Å². The first-order valence-electron chi connectivity index (χ1n) is 20.7. The molecule has 7 rings (SSSR count). The van der Waals surface area contributed by atoms with Crippen molar-refractivity contribution in [2.24, 2.45) is 5.92 Å². The van der Waals surface area contributed by atoms with E-state index in [0.29, 0.717) is 48.9 Å². The van der Waals surface area contributed by atoms with Crippen LogP contribution >= 0.6 is 0 Å². The van der Waals surface area contributed by atoms with Crippen molar-refractivity contribution in [2.45, 2.75) is 125 Å². The fourth-order valence-corrected chi connectivity index (χ4v) is 7.46. The first-order valence-corrected chi connectivity index (χ1v) is 20.7. The number of hydrogen-bond donors (Lipinski definition) is 1. The molecule has 4 aromatic rings. The van der Waals surface area contributed by atoms with Gasteiger partial charge in [-0.3, -0.25) is 14.4 Å². The van der Waals surface area contributed by atoms with Crippen LogP contribution in [0.4, 0.5) is 0 Å². The van der Waals surface area contributed by atoms with Gasteiger partial charge in [0.05, 0.1) is 0 Å². The molecule has 1 saturated heterocycles. The van der Waals surface area contributed by atoms with E-state index in [9.17, 15) is 14.4 Å². The third kappa shape index (κ3) is 12.0. The number of nitrogens with zero attached hydrogens (tertiary/aromatic N) is 2. The van der Waals surface area contributed by atoms with Gasteiger partial charge in [0.1, 0.15) is 29.6 Å². The Morgan fingerprint density at radius 1 is 0.709 bits per heavy atom. The zero-order valence-corrected chi connectivity index (χ0v) is 34.6. The maximum absolute atomic E-state index is 14.5. The number of fused-ring (bicyclic) bond motifs is 2. The molecule has 4 aromatic carbocycles. The molecule has 0 radical (unpaired) electrons. The molecule has 7 nitrogen and oxygen atoms in total. The van der Waals surface area contributed by atoms with Crippen LogP contribution in [0.5, 0.6) is 11.5 Å². The van der Waals surface area contributed by atoms with Gasteiger partial charge in [-0.25, -0.2) is 0 Å². The van der Waals surface area contributed by atoms with Crippen LogP contribution in [0, 0.1) is 12.8 Å². The average molecular weight is 748 g/mol. The van der Waals surface area contributed by atoms with E-state index >= 15 is 0 Å². The Labute approximate surface area is 331 Å². The maximum atomic E-state index is 14.5. The number of carbonyl (C=O) groups excluding carboxylic acids is 3. The van der Waals surface area contributed by atoms with E-state index in [1.807, 2.05) is 146 Å². The van der Waals surface area contributed by atoms with Gasteiger partial charge in [0.25, 0.3) is 0 Å². The monoisotopic (exact) mass is 747 g/mol. The molecule has 1 saturated carbocycles. The highest BCUT2D eigenvalue weighted by Crippen LogP contribution is 2.39. The number of carbonyl (C=O) groups is 3. The van der Waals surface area contributed by atoms with Crippen molar-refractivity contribution in [1.82, 2.24) is 15.1 Å². The molecule has 0 bridgehead atoms. The predicted octanol–water partition coefficient (Wildman–Crippen LogP) is 10.9. The summed E-state index contributed by atoms with van der Waals surface area (Å²) in [6, 6.07) is 32.9. The second-order valence-corrected chi connectivity index (χ2v) is 13.4. The molecule has 3 atom stereocenters. The molecule has 296 valence electrons. The molecule has 7 heteroatoms. The number of ether oxygens (including phenoxy) is 1. The van der Waals surface area contributed by atoms with E-state index in [1.165, 1.54) is 12.0 Å². The summed E-state index contributed by atoms with van der Waals surface area (Å²) < 4.78 is 5.99. The lowest BCUT2D eigenvalue weighted by Crippen LogP contribution is -2.67. The average Bonchev–Trinajstić information content (AvgIpc) is 3.24. The van der Waals surface area contributed by atoms with Crippen molar-refractivity contribution in [3.8, 4) is 11.5 Å². The van der Waals surface area contributed by atoms with Gasteiger partial charge in [-0.1, -0.05) is 164 Å². The summed E-state index contributed by atoms with van der Waals surface area (Å²) in [5, 5.41) is 2.95. The van der Waals surface area contributed by atoms with E-state index in [4.69, 9.17) is 4.74 Å². The predicted molar refractivity (Wildman–Crippen MR) is 226 cm³/mol. The molecule has 3 aliphatic rings. The number of aryl methyl sites for hydroxylation is 1. The van der Waals surface area contributed by atoms with Crippen LogP contribution < -0.4 is 10.1 Å². The first-order chi connectivity index (χ1) is 26.9. The Morgan fingerprint density at radius 3 is 1.82 bits per heavy atom. The summed E-state index contributed by atoms with van der Waals surface area (Å²) >= 11 is 0. The normalized spacial score (nSPS) is 17.7. The Kier molecular flexibility index (Phi) is 19.2. The fourth-order valence-electron chi connectivity index (χ4n) is 7.46. The van der Waals surface area contributed by atoms with Crippen LogP contribution in [-0.2, 0) is 27.3 Å². The van der Waals surface area contributed by atoms with Gasteiger partial charge in [0, 0.05) is 19.5 Å². The van der Waals surface area contributed by atoms with Crippen molar-refractivity contribution < 1.29 is 19.1 Å². The molecule has 2 fully saturated rings. The van der Waals surface area contributed by atoms with E-state index in [-0.39, 0.29) is 17.7 Å². The highest BCUT2D eigenvalue weighted by atomic mass is 16.5. The lowest BCUT2D eigenvalue weighted by atomic mass is 9.81. The minimum Gasteiger partial charge on any atom is -0.457 e. The SMILES string of the molecule is CC.CC.CC.CCNC(=O)C(c1ccc(Oc2ccccc2)cc1)N1C(=O)[C@@H]2Cc3ccccc3CN2C(=O)[C@@H]1CC1CCCCC1.Cc1ccccc1. The van der Waals surface area contributed by atoms with Crippen LogP contribution in [0.2, 0.25) is 0 Å². The number of amides is 3. The van der Waals surface area contributed by atoms with E-state index in [0.717, 1.165) is 36.8 Å². The molecule has 1 aliphatic carbocycles. The second kappa shape index (κ2) is 23.8. The quantitative estimate of drug-likeness (QED) is 0.195. The second-order valence-electron chi connectivity index (χ2n) is 13.4. The number of para-hydroxylation sites is 1. The Hall–Kier alpha value is -4.91. The minimum atomic E-state index is -0.917. The third-order valence-corrected chi connectivity index (χ3v) is 9.97. The highest BCUT2D eigenvalue weighted by Gasteiger charge is 2.51. The van der Waals surface area contributed by atoms with Gasteiger partial charge >= 0.3 is 0 Å². The van der Waals surface area contributed by atoms with E-state index < -0.39 is 18.1 Å². The molecule has 0 spiro atoms. The Morgan fingerprint density at radius 2 is 1.25 bits per heavy atom. The number of hydrogen-bond acceptors (Lipinski definition) is 4. The summed E-state index contributed by atoms with van der Waals surface area (Å²) in [7, 11) is 0. The number of piperazine rings is 1. The van der Waals surface area contributed by atoms with Gasteiger partial charge in [-0.15, -0.1) is 0 Å². The van der Waals surface area contributed by atoms with Crippen LogP contribution in [-0.4, -0.2) is 46.1 Å². The summed E-state index contributed by atoms with van der Waals surface area (Å²) in [5.41, 5.74) is 4.17. The highest BCUT2D eigenvalue weighted by molar-refractivity contribution is 6.00. The molecular weight excluding hydrogens is 683 g/mol. The summed E-state index contributed by atoms with van der Waals surface area (Å²) in [5.74, 6) is 1.24. The van der Waals surface area contributed by atoms with E-state index in [2.05, 4.69) is 24.4 Å². The molecule has 0 aromatic heterocycles. The lowest BCUT2D eigenvalue weighted by molar-refractivity contribution is -0.169. The number of nitrogens with one attached hydrogen (secondary N) is 1. The van der Waals surface area contributed by atoms with Crippen molar-refractivity contribution in [3.63, 3.8) is 0 Å².